The maximum atomic E-state index is 5.61. The van der Waals surface area contributed by atoms with Gasteiger partial charge >= 0.3 is 0 Å². The fourth-order valence-electron chi connectivity index (χ4n) is 1.92. The number of hydrogen-bond donors (Lipinski definition) is 1. The SMILES string of the molecule is Cc1ccc(N(CCCN)Cc2ccccc2)nn1. The summed E-state index contributed by atoms with van der Waals surface area (Å²) in [6, 6.07) is 14.4. The second-order valence-corrected chi connectivity index (χ2v) is 4.58. The summed E-state index contributed by atoms with van der Waals surface area (Å²) in [5.74, 6) is 0.905. The molecule has 1 aromatic heterocycles. The summed E-state index contributed by atoms with van der Waals surface area (Å²) < 4.78 is 0. The molecule has 1 aromatic carbocycles. The first-order valence-corrected chi connectivity index (χ1v) is 6.59. The van der Waals surface area contributed by atoms with Gasteiger partial charge in [0.15, 0.2) is 5.82 Å². The van der Waals surface area contributed by atoms with E-state index in [4.69, 9.17) is 5.73 Å². The molecule has 0 spiro atoms. The molecule has 0 unspecified atom stereocenters. The molecule has 0 radical (unpaired) electrons. The first-order valence-electron chi connectivity index (χ1n) is 6.59. The second kappa shape index (κ2) is 6.85. The van der Waals surface area contributed by atoms with Crippen LogP contribution in [0.3, 0.4) is 0 Å². The average Bonchev–Trinajstić information content (AvgIpc) is 2.45. The Hall–Kier alpha value is -1.94. The molecule has 0 fully saturated rings. The van der Waals surface area contributed by atoms with Gasteiger partial charge in [0.05, 0.1) is 5.69 Å². The van der Waals surface area contributed by atoms with E-state index in [0.29, 0.717) is 6.54 Å². The van der Waals surface area contributed by atoms with E-state index < -0.39 is 0 Å². The van der Waals surface area contributed by atoms with Gasteiger partial charge < -0.3 is 10.6 Å². The van der Waals surface area contributed by atoms with Gasteiger partial charge in [-0.05, 0) is 37.6 Å². The molecule has 1 heterocycles. The number of hydrogen-bond acceptors (Lipinski definition) is 4. The fraction of sp³-hybridized carbons (Fsp3) is 0.333. The molecule has 2 N–H and O–H groups in total. The van der Waals surface area contributed by atoms with Crippen molar-refractivity contribution in [3.8, 4) is 0 Å². The molecule has 0 saturated heterocycles. The zero-order valence-electron chi connectivity index (χ0n) is 11.3. The predicted octanol–water partition coefficient (Wildman–Crippen LogP) is 2.14. The maximum absolute atomic E-state index is 5.61. The standard InChI is InChI=1S/C15H20N4/c1-13-8-9-15(18-17-13)19(11-5-10-16)12-14-6-3-2-4-7-14/h2-4,6-9H,5,10-12,16H2,1H3. The average molecular weight is 256 g/mol. The predicted molar refractivity (Wildman–Crippen MR) is 77.9 cm³/mol. The van der Waals surface area contributed by atoms with Crippen LogP contribution in [0.25, 0.3) is 0 Å². The van der Waals surface area contributed by atoms with E-state index in [1.165, 1.54) is 5.56 Å². The number of benzene rings is 1. The van der Waals surface area contributed by atoms with Gasteiger partial charge in [-0.2, -0.15) is 5.10 Å². The normalized spacial score (nSPS) is 10.4. The van der Waals surface area contributed by atoms with Crippen molar-refractivity contribution >= 4 is 5.82 Å². The van der Waals surface area contributed by atoms with Crippen LogP contribution < -0.4 is 10.6 Å². The van der Waals surface area contributed by atoms with Gasteiger partial charge in [-0.25, -0.2) is 0 Å². The fourth-order valence-corrected chi connectivity index (χ4v) is 1.92. The Morgan fingerprint density at radius 2 is 1.84 bits per heavy atom. The molecule has 0 bridgehead atoms. The van der Waals surface area contributed by atoms with Crippen molar-refractivity contribution in [1.29, 1.82) is 0 Å². The van der Waals surface area contributed by atoms with E-state index in [0.717, 1.165) is 31.0 Å². The van der Waals surface area contributed by atoms with E-state index in [-0.39, 0.29) is 0 Å². The summed E-state index contributed by atoms with van der Waals surface area (Å²) >= 11 is 0. The summed E-state index contributed by atoms with van der Waals surface area (Å²) in [6.07, 6.45) is 0.947. The highest BCUT2D eigenvalue weighted by Gasteiger charge is 2.08. The van der Waals surface area contributed by atoms with Crippen LogP contribution in [-0.4, -0.2) is 23.3 Å². The minimum absolute atomic E-state index is 0.685. The van der Waals surface area contributed by atoms with Crippen LogP contribution in [0.1, 0.15) is 17.7 Å². The molecule has 0 aliphatic rings. The maximum Gasteiger partial charge on any atom is 0.151 e. The van der Waals surface area contributed by atoms with E-state index >= 15 is 0 Å². The Balaban J connectivity index is 2.13. The molecule has 19 heavy (non-hydrogen) atoms. The van der Waals surface area contributed by atoms with Crippen LogP contribution in [0, 0.1) is 6.92 Å². The summed E-state index contributed by atoms with van der Waals surface area (Å²) in [6.45, 7) is 4.35. The molecule has 0 saturated carbocycles. The third kappa shape index (κ3) is 4.03. The van der Waals surface area contributed by atoms with Crippen molar-refractivity contribution in [1.82, 2.24) is 10.2 Å². The Morgan fingerprint density at radius 1 is 1.05 bits per heavy atom. The van der Waals surface area contributed by atoms with E-state index in [2.05, 4.69) is 39.4 Å². The van der Waals surface area contributed by atoms with Gasteiger partial charge in [0.1, 0.15) is 0 Å². The Kier molecular flexibility index (Phi) is 4.86. The molecule has 0 atom stereocenters. The van der Waals surface area contributed by atoms with Crippen LogP contribution in [0.4, 0.5) is 5.82 Å². The lowest BCUT2D eigenvalue weighted by molar-refractivity contribution is 0.717. The molecular weight excluding hydrogens is 236 g/mol. The van der Waals surface area contributed by atoms with Gasteiger partial charge in [-0.3, -0.25) is 0 Å². The molecule has 100 valence electrons. The highest BCUT2D eigenvalue weighted by molar-refractivity contribution is 5.38. The van der Waals surface area contributed by atoms with Crippen LogP contribution >= 0.6 is 0 Å². The number of rotatable bonds is 6. The first kappa shape index (κ1) is 13.5. The molecule has 0 amide bonds. The molecule has 2 rings (SSSR count). The number of nitrogens with zero attached hydrogens (tertiary/aromatic N) is 3. The summed E-state index contributed by atoms with van der Waals surface area (Å²) in [4.78, 5) is 2.22. The van der Waals surface area contributed by atoms with Gasteiger partial charge in [0.25, 0.3) is 0 Å². The number of anilines is 1. The summed E-state index contributed by atoms with van der Waals surface area (Å²) in [5.41, 5.74) is 7.81. The smallest absolute Gasteiger partial charge is 0.151 e. The largest absolute Gasteiger partial charge is 0.351 e. The van der Waals surface area contributed by atoms with Gasteiger partial charge in [-0.1, -0.05) is 30.3 Å². The minimum Gasteiger partial charge on any atom is -0.351 e. The number of aromatic nitrogens is 2. The molecule has 4 nitrogen and oxygen atoms in total. The molecular formula is C15H20N4. The highest BCUT2D eigenvalue weighted by Crippen LogP contribution is 2.14. The minimum atomic E-state index is 0.685. The zero-order chi connectivity index (χ0) is 13.5. The van der Waals surface area contributed by atoms with Gasteiger partial charge in [0.2, 0.25) is 0 Å². The van der Waals surface area contributed by atoms with Crippen molar-refractivity contribution in [3.63, 3.8) is 0 Å². The van der Waals surface area contributed by atoms with Crippen molar-refractivity contribution in [2.75, 3.05) is 18.0 Å². The van der Waals surface area contributed by atoms with E-state index in [1.54, 1.807) is 0 Å². The summed E-state index contributed by atoms with van der Waals surface area (Å²) in [7, 11) is 0. The van der Waals surface area contributed by atoms with Crippen molar-refractivity contribution in [2.24, 2.45) is 5.73 Å². The van der Waals surface area contributed by atoms with E-state index in [1.807, 2.05) is 25.1 Å². The lowest BCUT2D eigenvalue weighted by Gasteiger charge is -2.23. The van der Waals surface area contributed by atoms with Gasteiger partial charge in [0, 0.05) is 13.1 Å². The quantitative estimate of drug-likeness (QED) is 0.860. The molecule has 2 aromatic rings. The van der Waals surface area contributed by atoms with Gasteiger partial charge in [-0.15, -0.1) is 5.10 Å². The molecule has 0 aliphatic heterocycles. The van der Waals surface area contributed by atoms with E-state index in [9.17, 15) is 0 Å². The molecule has 4 heteroatoms. The lowest BCUT2D eigenvalue weighted by atomic mass is 10.2. The van der Waals surface area contributed by atoms with Crippen molar-refractivity contribution < 1.29 is 0 Å². The Labute approximate surface area is 114 Å². The van der Waals surface area contributed by atoms with Crippen LogP contribution in [0.5, 0.6) is 0 Å². The third-order valence-electron chi connectivity index (χ3n) is 2.96. The van der Waals surface area contributed by atoms with Crippen molar-refractivity contribution in [3.05, 3.63) is 53.7 Å². The summed E-state index contributed by atoms with van der Waals surface area (Å²) in [5, 5.41) is 8.39. The highest BCUT2D eigenvalue weighted by atomic mass is 15.3. The number of aryl methyl sites for hydroxylation is 1. The second-order valence-electron chi connectivity index (χ2n) is 4.58. The monoisotopic (exact) mass is 256 g/mol. The van der Waals surface area contributed by atoms with Crippen LogP contribution in [0.15, 0.2) is 42.5 Å². The Morgan fingerprint density at radius 3 is 2.47 bits per heavy atom. The number of nitrogens with two attached hydrogens (primary N) is 1. The van der Waals surface area contributed by atoms with Crippen LogP contribution in [0.2, 0.25) is 0 Å². The zero-order valence-corrected chi connectivity index (χ0v) is 11.3. The third-order valence-corrected chi connectivity index (χ3v) is 2.96. The topological polar surface area (TPSA) is 55.0 Å². The van der Waals surface area contributed by atoms with Crippen molar-refractivity contribution in [2.45, 2.75) is 19.9 Å². The lowest BCUT2D eigenvalue weighted by Crippen LogP contribution is -2.26. The first-order chi connectivity index (χ1) is 9.29. The van der Waals surface area contributed by atoms with Crippen LogP contribution in [-0.2, 0) is 6.54 Å². The molecule has 0 aliphatic carbocycles. The Bertz CT molecular complexity index is 481.